The number of benzene rings is 1. The summed E-state index contributed by atoms with van der Waals surface area (Å²) in [5.41, 5.74) is 1.80. The van der Waals surface area contributed by atoms with Crippen molar-refractivity contribution < 1.29 is 14.7 Å². The molecule has 0 saturated heterocycles. The number of carbonyl (C=O) groups is 2. The van der Waals surface area contributed by atoms with Crippen molar-refractivity contribution in [2.24, 2.45) is 0 Å². The van der Waals surface area contributed by atoms with Crippen molar-refractivity contribution in [3.05, 3.63) is 60.6 Å². The number of hydrogen-bond donors (Lipinski definition) is 2. The number of rotatable bonds is 5. The standard InChI is InChI=1S/C16H15N3O3/c20-10-9-19-15(21)11-13(16(19)22)17-12-5-1-2-6-14(12)18-7-3-4-8-18/h1-8,11,17,20H,9-10H2. The fraction of sp³-hybridized carbons (Fsp3) is 0.125. The molecular weight excluding hydrogens is 282 g/mol. The van der Waals surface area contributed by atoms with Gasteiger partial charge in [-0.3, -0.25) is 14.5 Å². The van der Waals surface area contributed by atoms with Gasteiger partial charge >= 0.3 is 0 Å². The molecule has 2 amide bonds. The molecule has 0 spiro atoms. The van der Waals surface area contributed by atoms with Crippen molar-refractivity contribution in [1.29, 1.82) is 0 Å². The summed E-state index contributed by atoms with van der Waals surface area (Å²) in [5, 5.41) is 11.9. The van der Waals surface area contributed by atoms with E-state index in [-0.39, 0.29) is 18.8 Å². The van der Waals surface area contributed by atoms with Crippen LogP contribution in [0.1, 0.15) is 0 Å². The van der Waals surface area contributed by atoms with Crippen LogP contribution in [-0.4, -0.2) is 39.5 Å². The Balaban J connectivity index is 1.88. The Kier molecular flexibility index (Phi) is 3.76. The third-order valence-electron chi connectivity index (χ3n) is 3.39. The first-order valence-electron chi connectivity index (χ1n) is 6.88. The molecule has 6 heteroatoms. The van der Waals surface area contributed by atoms with Crippen LogP contribution in [0.4, 0.5) is 5.69 Å². The van der Waals surface area contributed by atoms with E-state index in [1.54, 1.807) is 0 Å². The van der Waals surface area contributed by atoms with E-state index < -0.39 is 11.8 Å². The Morgan fingerprint density at radius 1 is 1.05 bits per heavy atom. The maximum atomic E-state index is 12.2. The summed E-state index contributed by atoms with van der Waals surface area (Å²) in [6, 6.07) is 11.3. The molecule has 3 rings (SSSR count). The van der Waals surface area contributed by atoms with Crippen molar-refractivity contribution in [3.8, 4) is 5.69 Å². The summed E-state index contributed by atoms with van der Waals surface area (Å²) in [6.07, 6.45) is 5.05. The van der Waals surface area contributed by atoms with E-state index in [1.807, 2.05) is 53.4 Å². The van der Waals surface area contributed by atoms with Gasteiger partial charge in [-0.25, -0.2) is 0 Å². The van der Waals surface area contributed by atoms with Gasteiger partial charge in [0.15, 0.2) is 0 Å². The van der Waals surface area contributed by atoms with E-state index in [1.165, 1.54) is 6.08 Å². The highest BCUT2D eigenvalue weighted by Crippen LogP contribution is 2.23. The van der Waals surface area contributed by atoms with Gasteiger partial charge < -0.3 is 15.0 Å². The molecule has 1 aromatic carbocycles. The lowest BCUT2D eigenvalue weighted by Gasteiger charge is -2.15. The van der Waals surface area contributed by atoms with Crippen LogP contribution in [0, 0.1) is 0 Å². The molecule has 1 aromatic heterocycles. The first-order chi connectivity index (χ1) is 10.7. The number of anilines is 1. The van der Waals surface area contributed by atoms with Gasteiger partial charge in [-0.2, -0.15) is 0 Å². The number of amides is 2. The van der Waals surface area contributed by atoms with Crippen LogP contribution >= 0.6 is 0 Å². The number of aromatic nitrogens is 1. The molecule has 1 aliphatic heterocycles. The van der Waals surface area contributed by atoms with Crippen molar-refractivity contribution in [2.45, 2.75) is 0 Å². The smallest absolute Gasteiger partial charge is 0.277 e. The third kappa shape index (κ3) is 2.51. The molecule has 0 atom stereocenters. The van der Waals surface area contributed by atoms with Gasteiger partial charge in [0, 0.05) is 18.5 Å². The first kappa shape index (κ1) is 14.1. The lowest BCUT2D eigenvalue weighted by Crippen LogP contribution is -2.34. The number of aliphatic hydroxyl groups is 1. The normalized spacial score (nSPS) is 14.4. The Morgan fingerprint density at radius 3 is 2.50 bits per heavy atom. The summed E-state index contributed by atoms with van der Waals surface area (Å²) in [6.45, 7) is -0.253. The molecule has 2 aromatic rings. The molecule has 112 valence electrons. The number of nitrogens with zero attached hydrogens (tertiary/aromatic N) is 2. The Labute approximate surface area is 127 Å². The molecule has 1 aliphatic rings. The van der Waals surface area contributed by atoms with Crippen LogP contribution in [0.3, 0.4) is 0 Å². The fourth-order valence-electron chi connectivity index (χ4n) is 2.35. The van der Waals surface area contributed by atoms with Crippen molar-refractivity contribution in [2.75, 3.05) is 18.5 Å². The zero-order valence-electron chi connectivity index (χ0n) is 11.8. The number of imide groups is 1. The predicted octanol–water partition coefficient (Wildman–Crippen LogP) is 1.13. The number of aliphatic hydroxyl groups excluding tert-OH is 1. The average molecular weight is 297 g/mol. The largest absolute Gasteiger partial charge is 0.395 e. The minimum absolute atomic E-state index is 0.00139. The molecule has 0 aliphatic carbocycles. The maximum Gasteiger partial charge on any atom is 0.277 e. The van der Waals surface area contributed by atoms with Crippen LogP contribution in [0.15, 0.2) is 60.6 Å². The number of carbonyl (C=O) groups excluding carboxylic acids is 2. The van der Waals surface area contributed by atoms with E-state index in [0.717, 1.165) is 16.3 Å². The van der Waals surface area contributed by atoms with Gasteiger partial charge in [-0.1, -0.05) is 12.1 Å². The lowest BCUT2D eigenvalue weighted by molar-refractivity contribution is -0.137. The second kappa shape index (κ2) is 5.87. The summed E-state index contributed by atoms with van der Waals surface area (Å²) in [5.74, 6) is -0.846. The van der Waals surface area contributed by atoms with E-state index >= 15 is 0 Å². The number of β-amino-alcohol motifs (C(OH)–C–C–N with tert-alkyl or cyclic N) is 1. The molecule has 0 bridgehead atoms. The molecule has 0 saturated carbocycles. The molecular formula is C16H15N3O3. The van der Waals surface area contributed by atoms with Gasteiger partial charge in [0.1, 0.15) is 5.70 Å². The molecule has 6 nitrogen and oxygen atoms in total. The van der Waals surface area contributed by atoms with Gasteiger partial charge in [-0.05, 0) is 24.3 Å². The highest BCUT2D eigenvalue weighted by atomic mass is 16.3. The van der Waals surface area contributed by atoms with E-state index in [9.17, 15) is 9.59 Å². The SMILES string of the molecule is O=C1C=C(Nc2ccccc2-n2cccc2)C(=O)N1CCO. The average Bonchev–Trinajstić information content (AvgIpc) is 3.13. The van der Waals surface area contributed by atoms with Crippen LogP contribution in [0.25, 0.3) is 5.69 Å². The molecule has 22 heavy (non-hydrogen) atoms. The predicted molar refractivity (Wildman–Crippen MR) is 81.3 cm³/mol. The van der Waals surface area contributed by atoms with Crippen LogP contribution < -0.4 is 5.32 Å². The number of nitrogens with one attached hydrogen (secondary N) is 1. The summed E-state index contributed by atoms with van der Waals surface area (Å²) >= 11 is 0. The van der Waals surface area contributed by atoms with Gasteiger partial charge in [-0.15, -0.1) is 0 Å². The van der Waals surface area contributed by atoms with Crippen molar-refractivity contribution in [3.63, 3.8) is 0 Å². The third-order valence-corrected chi connectivity index (χ3v) is 3.39. The molecule has 2 heterocycles. The van der Waals surface area contributed by atoms with Crippen LogP contribution in [-0.2, 0) is 9.59 Å². The maximum absolute atomic E-state index is 12.2. The highest BCUT2D eigenvalue weighted by Gasteiger charge is 2.30. The van der Waals surface area contributed by atoms with E-state index in [4.69, 9.17) is 5.11 Å². The Morgan fingerprint density at radius 2 is 1.77 bits per heavy atom. The second-order valence-electron chi connectivity index (χ2n) is 4.81. The topological polar surface area (TPSA) is 74.6 Å². The first-order valence-corrected chi connectivity index (χ1v) is 6.88. The van der Waals surface area contributed by atoms with Gasteiger partial charge in [0.2, 0.25) is 0 Å². The van der Waals surface area contributed by atoms with Crippen LogP contribution in [0.2, 0.25) is 0 Å². The second-order valence-corrected chi connectivity index (χ2v) is 4.81. The minimum atomic E-state index is -0.429. The van der Waals surface area contributed by atoms with Gasteiger partial charge in [0.25, 0.3) is 11.8 Å². The number of para-hydroxylation sites is 2. The molecule has 0 fully saturated rings. The van der Waals surface area contributed by atoms with Gasteiger partial charge in [0.05, 0.1) is 24.5 Å². The lowest BCUT2D eigenvalue weighted by atomic mass is 10.2. The fourth-order valence-corrected chi connectivity index (χ4v) is 2.35. The number of hydrogen-bond acceptors (Lipinski definition) is 4. The van der Waals surface area contributed by atoms with Crippen LogP contribution in [0.5, 0.6) is 0 Å². The Bertz CT molecular complexity index is 735. The zero-order chi connectivity index (χ0) is 15.5. The highest BCUT2D eigenvalue weighted by molar-refractivity contribution is 6.17. The summed E-state index contributed by atoms with van der Waals surface area (Å²) in [4.78, 5) is 24.9. The minimum Gasteiger partial charge on any atom is -0.395 e. The summed E-state index contributed by atoms with van der Waals surface area (Å²) in [7, 11) is 0. The monoisotopic (exact) mass is 297 g/mol. The van der Waals surface area contributed by atoms with E-state index in [2.05, 4.69) is 5.32 Å². The molecule has 0 unspecified atom stereocenters. The van der Waals surface area contributed by atoms with Crippen molar-refractivity contribution >= 4 is 17.5 Å². The van der Waals surface area contributed by atoms with E-state index in [0.29, 0.717) is 0 Å². The molecule has 2 N–H and O–H groups in total. The Hall–Kier alpha value is -2.86. The summed E-state index contributed by atoms with van der Waals surface area (Å²) < 4.78 is 1.91. The zero-order valence-corrected chi connectivity index (χ0v) is 11.8. The quantitative estimate of drug-likeness (QED) is 0.811. The molecule has 0 radical (unpaired) electrons. The van der Waals surface area contributed by atoms with Crippen molar-refractivity contribution in [1.82, 2.24) is 9.47 Å².